The summed E-state index contributed by atoms with van der Waals surface area (Å²) in [6, 6.07) is 9.42. The van der Waals surface area contributed by atoms with Gasteiger partial charge in [-0.2, -0.15) is 4.31 Å². The summed E-state index contributed by atoms with van der Waals surface area (Å²) in [7, 11) is -2.73. The molecule has 0 fully saturated rings. The van der Waals surface area contributed by atoms with Crippen molar-refractivity contribution >= 4 is 44.8 Å². The molecule has 5 nitrogen and oxygen atoms in total. The highest BCUT2D eigenvalue weighted by molar-refractivity contribution is 7.89. The summed E-state index contributed by atoms with van der Waals surface area (Å²) in [4.78, 5) is 11.8. The highest BCUT2D eigenvalue weighted by atomic mass is 35.5. The van der Waals surface area contributed by atoms with E-state index in [0.717, 1.165) is 22.5 Å². The van der Waals surface area contributed by atoms with Crippen LogP contribution in [0.1, 0.15) is 0 Å². The lowest BCUT2D eigenvalue weighted by atomic mass is 10.3. The first kappa shape index (κ1) is 18.7. The molecule has 0 aliphatic carbocycles. The monoisotopic (exact) mass is 390 g/mol. The van der Waals surface area contributed by atoms with Gasteiger partial charge in [-0.3, -0.25) is 4.79 Å². The number of hydrogen-bond acceptors (Lipinski definition) is 3. The van der Waals surface area contributed by atoms with Crippen LogP contribution in [-0.4, -0.2) is 32.2 Å². The molecule has 0 saturated heterocycles. The number of anilines is 1. The van der Waals surface area contributed by atoms with E-state index in [4.69, 9.17) is 23.2 Å². The average Bonchev–Trinajstić information content (AvgIpc) is 2.52. The highest BCUT2D eigenvalue weighted by Gasteiger charge is 2.23. The molecule has 0 atom stereocenters. The fourth-order valence-corrected chi connectivity index (χ4v) is 3.36. The van der Waals surface area contributed by atoms with Crippen LogP contribution in [-0.2, 0) is 14.8 Å². The summed E-state index contributed by atoms with van der Waals surface area (Å²) >= 11 is 11.3. The predicted octanol–water partition coefficient (Wildman–Crippen LogP) is 3.39. The Bertz CT molecular complexity index is 858. The standard InChI is InChI=1S/C15H13Cl2FN2O3S/c1-20(9-15(21)19-11-4-2-10(16)3-5-11)24(22,23)12-6-7-14(18)13(17)8-12/h2-8H,9H2,1H3,(H,19,21). The number of carbonyl (C=O) groups is 1. The molecule has 24 heavy (non-hydrogen) atoms. The second-order valence-electron chi connectivity index (χ2n) is 4.89. The van der Waals surface area contributed by atoms with Gasteiger partial charge in [0.1, 0.15) is 5.82 Å². The average molecular weight is 391 g/mol. The number of amides is 1. The molecule has 2 aromatic carbocycles. The maximum Gasteiger partial charge on any atom is 0.243 e. The van der Waals surface area contributed by atoms with Crippen molar-refractivity contribution in [2.75, 3.05) is 18.9 Å². The number of halogens is 3. The van der Waals surface area contributed by atoms with E-state index in [1.165, 1.54) is 7.05 Å². The lowest BCUT2D eigenvalue weighted by molar-refractivity contribution is -0.116. The number of hydrogen-bond donors (Lipinski definition) is 1. The van der Waals surface area contributed by atoms with Crippen LogP contribution in [0, 0.1) is 5.82 Å². The van der Waals surface area contributed by atoms with Crippen molar-refractivity contribution in [1.82, 2.24) is 4.31 Å². The Hall–Kier alpha value is -1.67. The van der Waals surface area contributed by atoms with Crippen molar-refractivity contribution in [3.8, 4) is 0 Å². The van der Waals surface area contributed by atoms with Crippen LogP contribution in [0.15, 0.2) is 47.4 Å². The van der Waals surface area contributed by atoms with E-state index in [0.29, 0.717) is 10.7 Å². The molecule has 128 valence electrons. The summed E-state index contributed by atoms with van der Waals surface area (Å²) in [5, 5.41) is 2.76. The number of benzene rings is 2. The number of carbonyl (C=O) groups excluding carboxylic acids is 1. The van der Waals surface area contributed by atoms with Crippen LogP contribution in [0.2, 0.25) is 10.0 Å². The van der Waals surface area contributed by atoms with Gasteiger partial charge < -0.3 is 5.32 Å². The molecule has 0 heterocycles. The first-order chi connectivity index (χ1) is 11.2. The molecule has 0 bridgehead atoms. The molecule has 0 saturated carbocycles. The summed E-state index contributed by atoms with van der Waals surface area (Å²) in [6.45, 7) is -0.417. The number of sulfonamides is 1. The van der Waals surface area contributed by atoms with Crippen molar-refractivity contribution in [2.45, 2.75) is 4.90 Å². The summed E-state index contributed by atoms with van der Waals surface area (Å²) in [5.74, 6) is -1.25. The Balaban J connectivity index is 2.09. The minimum atomic E-state index is -3.97. The smallest absolute Gasteiger partial charge is 0.243 e. The minimum absolute atomic E-state index is 0.198. The Labute approximate surface area is 149 Å². The molecule has 0 aliphatic heterocycles. The van der Waals surface area contributed by atoms with Gasteiger partial charge in [0.05, 0.1) is 16.5 Å². The van der Waals surface area contributed by atoms with E-state index in [1.54, 1.807) is 24.3 Å². The summed E-state index contributed by atoms with van der Waals surface area (Å²) in [5.41, 5.74) is 0.486. The number of nitrogens with one attached hydrogen (secondary N) is 1. The van der Waals surface area contributed by atoms with Gasteiger partial charge >= 0.3 is 0 Å². The van der Waals surface area contributed by atoms with Gasteiger partial charge in [-0.25, -0.2) is 12.8 Å². The van der Waals surface area contributed by atoms with Crippen LogP contribution in [0.3, 0.4) is 0 Å². The predicted molar refractivity (Wildman–Crippen MR) is 91.3 cm³/mol. The highest BCUT2D eigenvalue weighted by Crippen LogP contribution is 2.21. The Morgan fingerprint density at radius 2 is 1.79 bits per heavy atom. The SMILES string of the molecule is CN(CC(=O)Nc1ccc(Cl)cc1)S(=O)(=O)c1ccc(F)c(Cl)c1. The summed E-state index contributed by atoms with van der Waals surface area (Å²) < 4.78 is 38.8. The van der Waals surface area contributed by atoms with Gasteiger partial charge in [0.15, 0.2) is 0 Å². The van der Waals surface area contributed by atoms with E-state index >= 15 is 0 Å². The number of likely N-dealkylation sites (N-methyl/N-ethyl adjacent to an activating group) is 1. The Morgan fingerprint density at radius 3 is 2.38 bits per heavy atom. The lowest BCUT2D eigenvalue weighted by Gasteiger charge is -2.17. The normalized spacial score (nSPS) is 11.5. The molecule has 0 radical (unpaired) electrons. The van der Waals surface area contributed by atoms with E-state index in [9.17, 15) is 17.6 Å². The molecule has 1 N–H and O–H groups in total. The Kier molecular flexibility index (Phi) is 5.82. The van der Waals surface area contributed by atoms with Gasteiger partial charge in [-0.15, -0.1) is 0 Å². The third-order valence-corrected chi connectivity index (χ3v) is 5.43. The molecule has 9 heteroatoms. The topological polar surface area (TPSA) is 66.5 Å². The first-order valence-corrected chi connectivity index (χ1v) is 8.86. The molecule has 0 unspecified atom stereocenters. The van der Waals surface area contributed by atoms with Crippen LogP contribution in [0.25, 0.3) is 0 Å². The minimum Gasteiger partial charge on any atom is -0.325 e. The molecular formula is C15H13Cl2FN2O3S. The van der Waals surface area contributed by atoms with Gasteiger partial charge in [-0.1, -0.05) is 23.2 Å². The molecule has 2 aromatic rings. The van der Waals surface area contributed by atoms with Crippen LogP contribution >= 0.6 is 23.2 Å². The van der Waals surface area contributed by atoms with Crippen LogP contribution in [0.5, 0.6) is 0 Å². The van der Waals surface area contributed by atoms with E-state index in [2.05, 4.69) is 5.32 Å². The zero-order valence-electron chi connectivity index (χ0n) is 12.5. The molecule has 0 aliphatic rings. The number of rotatable bonds is 5. The molecule has 2 rings (SSSR count). The molecule has 0 spiro atoms. The first-order valence-electron chi connectivity index (χ1n) is 6.67. The lowest BCUT2D eigenvalue weighted by Crippen LogP contribution is -2.35. The quantitative estimate of drug-likeness (QED) is 0.850. The van der Waals surface area contributed by atoms with Gasteiger partial charge in [0.2, 0.25) is 15.9 Å². The van der Waals surface area contributed by atoms with Crippen molar-refractivity contribution in [2.24, 2.45) is 0 Å². The third-order valence-electron chi connectivity index (χ3n) is 3.09. The second kappa shape index (κ2) is 7.48. The van der Waals surface area contributed by atoms with Gasteiger partial charge in [0.25, 0.3) is 0 Å². The van der Waals surface area contributed by atoms with E-state index in [1.807, 2.05) is 0 Å². The van der Waals surface area contributed by atoms with Crippen molar-refractivity contribution < 1.29 is 17.6 Å². The molecular weight excluding hydrogens is 378 g/mol. The fraction of sp³-hybridized carbons (Fsp3) is 0.133. The van der Waals surface area contributed by atoms with Crippen molar-refractivity contribution in [1.29, 1.82) is 0 Å². The molecule has 1 amide bonds. The number of nitrogens with zero attached hydrogens (tertiary/aromatic N) is 1. The zero-order chi connectivity index (χ0) is 17.9. The third kappa shape index (κ3) is 4.45. The van der Waals surface area contributed by atoms with Crippen molar-refractivity contribution in [3.05, 3.63) is 58.3 Å². The second-order valence-corrected chi connectivity index (χ2v) is 7.78. The van der Waals surface area contributed by atoms with Crippen LogP contribution < -0.4 is 5.32 Å². The van der Waals surface area contributed by atoms with E-state index < -0.39 is 28.3 Å². The summed E-state index contributed by atoms with van der Waals surface area (Å²) in [6.07, 6.45) is 0. The van der Waals surface area contributed by atoms with Gasteiger partial charge in [0, 0.05) is 17.8 Å². The van der Waals surface area contributed by atoms with Crippen LogP contribution in [0.4, 0.5) is 10.1 Å². The maximum absolute atomic E-state index is 13.2. The van der Waals surface area contributed by atoms with E-state index in [-0.39, 0.29) is 9.92 Å². The largest absolute Gasteiger partial charge is 0.325 e. The maximum atomic E-state index is 13.2. The zero-order valence-corrected chi connectivity index (χ0v) is 14.8. The molecule has 0 aromatic heterocycles. The fourth-order valence-electron chi connectivity index (χ4n) is 1.84. The Morgan fingerprint density at radius 1 is 1.17 bits per heavy atom. The van der Waals surface area contributed by atoms with Gasteiger partial charge in [-0.05, 0) is 42.5 Å². The van der Waals surface area contributed by atoms with Crippen molar-refractivity contribution in [3.63, 3.8) is 0 Å².